The number of carbonyl (C=O) groups excluding carboxylic acids is 4. The number of hydrogen-bond donors (Lipinski definition) is 2. The van der Waals surface area contributed by atoms with Crippen molar-refractivity contribution in [1.29, 1.82) is 0 Å². The van der Waals surface area contributed by atoms with Gasteiger partial charge in [-0.05, 0) is 30.5 Å². The van der Waals surface area contributed by atoms with E-state index in [4.69, 9.17) is 15.0 Å². The number of benzene rings is 1. The van der Waals surface area contributed by atoms with Gasteiger partial charge in [0.15, 0.2) is 0 Å². The van der Waals surface area contributed by atoms with Crippen molar-refractivity contribution in [1.82, 2.24) is 10.2 Å². The van der Waals surface area contributed by atoms with E-state index in [9.17, 15) is 19.2 Å². The van der Waals surface area contributed by atoms with Gasteiger partial charge in [-0.1, -0.05) is 11.2 Å². The highest BCUT2D eigenvalue weighted by Crippen LogP contribution is 2.24. The Hall–Kier alpha value is -3.89. The molecule has 1 aromatic rings. The molecular formula is C21H24N6O6. The van der Waals surface area contributed by atoms with Gasteiger partial charge in [0.25, 0.3) is 11.8 Å². The second-order valence-electron chi connectivity index (χ2n) is 7.31. The lowest BCUT2D eigenvalue weighted by Crippen LogP contribution is -2.54. The van der Waals surface area contributed by atoms with Crippen LogP contribution in [-0.4, -0.2) is 60.9 Å². The second-order valence-corrected chi connectivity index (χ2v) is 7.31. The van der Waals surface area contributed by atoms with Crippen LogP contribution in [0.4, 0.5) is 5.69 Å². The number of anilines is 1. The lowest BCUT2D eigenvalue weighted by atomic mass is 10.0. The molecule has 1 unspecified atom stereocenters. The smallest absolute Gasteiger partial charge is 0.278 e. The van der Waals surface area contributed by atoms with E-state index in [2.05, 4.69) is 20.7 Å². The molecule has 0 radical (unpaired) electrons. The highest BCUT2D eigenvalue weighted by atomic mass is 16.5. The molecule has 1 aromatic carbocycles. The van der Waals surface area contributed by atoms with Crippen molar-refractivity contribution < 1.29 is 28.7 Å². The van der Waals surface area contributed by atoms with Crippen LogP contribution in [0.15, 0.2) is 41.2 Å². The number of ether oxygens (including phenoxy) is 2. The van der Waals surface area contributed by atoms with Crippen LogP contribution < -0.4 is 15.4 Å². The minimum Gasteiger partial charge on any atom is -0.493 e. The Morgan fingerprint density at radius 1 is 1.18 bits per heavy atom. The summed E-state index contributed by atoms with van der Waals surface area (Å²) < 4.78 is 11.1. The molecule has 2 aliphatic heterocycles. The number of piperidine rings is 1. The maximum absolute atomic E-state index is 12.7. The molecular weight excluding hydrogens is 432 g/mol. The number of nitrogens with zero attached hydrogens (tertiary/aromatic N) is 4. The van der Waals surface area contributed by atoms with E-state index in [1.807, 2.05) is 0 Å². The van der Waals surface area contributed by atoms with Crippen molar-refractivity contribution in [3.8, 4) is 5.75 Å². The summed E-state index contributed by atoms with van der Waals surface area (Å²) in [5.41, 5.74) is 8.77. The molecule has 3 rings (SSSR count). The monoisotopic (exact) mass is 456 g/mol. The fourth-order valence-electron chi connectivity index (χ4n) is 3.35. The molecule has 4 amide bonds. The number of rotatable bonds is 12. The van der Waals surface area contributed by atoms with E-state index < -0.39 is 29.7 Å². The molecule has 2 N–H and O–H groups in total. The molecule has 0 saturated carbocycles. The van der Waals surface area contributed by atoms with Crippen molar-refractivity contribution in [2.75, 3.05) is 31.7 Å². The van der Waals surface area contributed by atoms with Crippen molar-refractivity contribution in [3.63, 3.8) is 0 Å². The summed E-state index contributed by atoms with van der Waals surface area (Å²) in [5.74, 6) is -1.74. The number of azide groups is 1. The van der Waals surface area contributed by atoms with Crippen LogP contribution >= 0.6 is 0 Å². The Labute approximate surface area is 189 Å². The average molecular weight is 456 g/mol. The molecule has 1 fully saturated rings. The summed E-state index contributed by atoms with van der Waals surface area (Å²) in [6.07, 6.45) is 2.63. The van der Waals surface area contributed by atoms with E-state index >= 15 is 0 Å². The predicted octanol–water partition coefficient (Wildman–Crippen LogP) is 1.64. The van der Waals surface area contributed by atoms with E-state index in [1.54, 1.807) is 24.3 Å². The van der Waals surface area contributed by atoms with Crippen molar-refractivity contribution >= 4 is 29.3 Å². The van der Waals surface area contributed by atoms with Crippen LogP contribution in [0, 0.1) is 0 Å². The third-order valence-electron chi connectivity index (χ3n) is 4.90. The molecule has 12 heteroatoms. The molecule has 1 atom stereocenters. The average Bonchev–Trinajstić information content (AvgIpc) is 3.06. The Kier molecular flexibility index (Phi) is 8.39. The maximum Gasteiger partial charge on any atom is 0.278 e. The highest BCUT2D eigenvalue weighted by Gasteiger charge is 2.42. The van der Waals surface area contributed by atoms with Crippen LogP contribution in [0.5, 0.6) is 5.75 Å². The van der Waals surface area contributed by atoms with E-state index in [0.717, 1.165) is 11.0 Å². The lowest BCUT2D eigenvalue weighted by molar-refractivity contribution is -0.149. The summed E-state index contributed by atoms with van der Waals surface area (Å²) in [5, 5.41) is 8.48. The largest absolute Gasteiger partial charge is 0.493 e. The summed E-state index contributed by atoms with van der Waals surface area (Å²) in [6.45, 7) is 1.84. The zero-order valence-electron chi connectivity index (χ0n) is 17.9. The number of imide groups is 2. The Morgan fingerprint density at radius 3 is 2.79 bits per heavy atom. The Balaban J connectivity index is 1.47. The fourth-order valence-corrected chi connectivity index (χ4v) is 3.35. The molecule has 0 bridgehead atoms. The standard InChI is InChI=1S/C21H24N6O6/c22-26-23-8-2-9-32-10-3-11-33-15-5-1-4-14(12-15)24-16-13-19(29)27(21(16)31)17-6-7-18(28)25-20(17)30/h1,4-5,12-13,17,24H,2-3,6-11H2,(H,25,28,30). The third-order valence-corrected chi connectivity index (χ3v) is 4.90. The van der Waals surface area contributed by atoms with Crippen molar-refractivity contribution in [3.05, 3.63) is 46.5 Å². The van der Waals surface area contributed by atoms with Gasteiger partial charge < -0.3 is 14.8 Å². The minimum atomic E-state index is -1.01. The first-order chi connectivity index (χ1) is 16.0. The molecule has 33 heavy (non-hydrogen) atoms. The van der Waals surface area contributed by atoms with E-state index in [-0.39, 0.29) is 18.5 Å². The van der Waals surface area contributed by atoms with Crippen LogP contribution in [0.1, 0.15) is 25.7 Å². The fraction of sp³-hybridized carbons (Fsp3) is 0.429. The van der Waals surface area contributed by atoms with Gasteiger partial charge in [0, 0.05) is 55.3 Å². The second kappa shape index (κ2) is 11.7. The normalized spacial score (nSPS) is 18.0. The van der Waals surface area contributed by atoms with E-state index in [1.165, 1.54) is 0 Å². The van der Waals surface area contributed by atoms with Gasteiger partial charge in [-0.2, -0.15) is 0 Å². The predicted molar refractivity (Wildman–Crippen MR) is 116 cm³/mol. The lowest BCUT2D eigenvalue weighted by Gasteiger charge is -2.28. The van der Waals surface area contributed by atoms with Gasteiger partial charge in [0.05, 0.1) is 6.61 Å². The molecule has 0 spiro atoms. The topological polar surface area (TPSA) is 163 Å². The van der Waals surface area contributed by atoms with Crippen LogP contribution in [0.3, 0.4) is 0 Å². The molecule has 0 aliphatic carbocycles. The summed E-state index contributed by atoms with van der Waals surface area (Å²) in [7, 11) is 0. The summed E-state index contributed by atoms with van der Waals surface area (Å²) in [4.78, 5) is 52.0. The van der Waals surface area contributed by atoms with Gasteiger partial charge >= 0.3 is 0 Å². The summed E-state index contributed by atoms with van der Waals surface area (Å²) >= 11 is 0. The van der Waals surface area contributed by atoms with Gasteiger partial charge in [-0.25, -0.2) is 0 Å². The minimum absolute atomic E-state index is 0.0379. The SMILES string of the molecule is [N-]=[N+]=NCCCOCCCOc1cccc(NC2=CC(=O)N(C3CCC(=O)NC3=O)C2=O)c1. The zero-order chi connectivity index (χ0) is 23.6. The van der Waals surface area contributed by atoms with Crippen LogP contribution in [0.2, 0.25) is 0 Å². The first-order valence-corrected chi connectivity index (χ1v) is 10.5. The van der Waals surface area contributed by atoms with Crippen LogP contribution in [0.25, 0.3) is 10.4 Å². The highest BCUT2D eigenvalue weighted by molar-refractivity contribution is 6.20. The quantitative estimate of drug-likeness (QED) is 0.159. The Bertz CT molecular complexity index is 1000. The van der Waals surface area contributed by atoms with Crippen LogP contribution in [-0.2, 0) is 23.9 Å². The number of carbonyl (C=O) groups is 4. The van der Waals surface area contributed by atoms with Crippen molar-refractivity contribution in [2.45, 2.75) is 31.7 Å². The van der Waals surface area contributed by atoms with Crippen molar-refractivity contribution in [2.24, 2.45) is 5.11 Å². The summed E-state index contributed by atoms with van der Waals surface area (Å²) in [6, 6.07) is 5.90. The van der Waals surface area contributed by atoms with Gasteiger partial charge in [0.1, 0.15) is 17.5 Å². The number of hydrogen-bond acceptors (Lipinski definition) is 8. The zero-order valence-corrected chi connectivity index (χ0v) is 17.9. The van der Waals surface area contributed by atoms with Gasteiger partial charge in [-0.15, -0.1) is 0 Å². The number of nitrogens with one attached hydrogen (secondary N) is 2. The maximum atomic E-state index is 12.7. The number of amides is 4. The third kappa shape index (κ3) is 6.55. The molecule has 1 saturated heterocycles. The first-order valence-electron chi connectivity index (χ1n) is 10.5. The molecule has 0 aromatic heterocycles. The molecule has 12 nitrogen and oxygen atoms in total. The molecule has 174 valence electrons. The molecule has 2 aliphatic rings. The van der Waals surface area contributed by atoms with E-state index in [0.29, 0.717) is 50.6 Å². The first kappa shape index (κ1) is 23.8. The van der Waals surface area contributed by atoms with Gasteiger partial charge in [-0.3, -0.25) is 29.4 Å². The Morgan fingerprint density at radius 2 is 2.00 bits per heavy atom. The molecule has 2 heterocycles. The van der Waals surface area contributed by atoms with Gasteiger partial charge in [0.2, 0.25) is 11.8 Å².